The van der Waals surface area contributed by atoms with E-state index in [4.69, 9.17) is 14.7 Å². The van der Waals surface area contributed by atoms with Crippen LogP contribution in [0.2, 0.25) is 0 Å². The molecule has 2 aromatic carbocycles. The van der Waals surface area contributed by atoms with E-state index in [0.29, 0.717) is 12.2 Å². The Bertz CT molecular complexity index is 960. The lowest BCUT2D eigenvalue weighted by molar-refractivity contribution is 0.158. The Labute approximate surface area is 153 Å². The van der Waals surface area contributed by atoms with Gasteiger partial charge in [0, 0.05) is 30.9 Å². The van der Waals surface area contributed by atoms with Crippen molar-refractivity contribution in [3.63, 3.8) is 0 Å². The van der Waals surface area contributed by atoms with Gasteiger partial charge in [0.15, 0.2) is 5.82 Å². The molecule has 4 rings (SSSR count). The largest absolute Gasteiger partial charge is 0.375 e. The summed E-state index contributed by atoms with van der Waals surface area (Å²) in [5.74, 6) is 0.685. The third-order valence-corrected chi connectivity index (χ3v) is 4.66. The molecule has 1 aromatic heterocycles. The van der Waals surface area contributed by atoms with Crippen LogP contribution in [-0.4, -0.2) is 29.4 Å². The van der Waals surface area contributed by atoms with Crippen molar-refractivity contribution in [1.29, 1.82) is 0 Å². The second-order valence-electron chi connectivity index (χ2n) is 6.68. The van der Waals surface area contributed by atoms with Crippen molar-refractivity contribution in [2.24, 2.45) is 4.99 Å². The van der Waals surface area contributed by atoms with Crippen LogP contribution in [0.5, 0.6) is 0 Å². The van der Waals surface area contributed by atoms with Crippen molar-refractivity contribution in [3.8, 4) is 22.5 Å². The van der Waals surface area contributed by atoms with E-state index in [1.165, 1.54) is 11.1 Å². The Kier molecular flexibility index (Phi) is 4.35. The number of aliphatic imine (C=N–C) groups is 1. The van der Waals surface area contributed by atoms with E-state index >= 15 is 0 Å². The molecule has 0 saturated heterocycles. The van der Waals surface area contributed by atoms with Crippen LogP contribution < -0.4 is 0 Å². The maximum Gasteiger partial charge on any atom is 0.174 e. The zero-order valence-corrected chi connectivity index (χ0v) is 15.2. The average molecular weight is 343 g/mol. The van der Waals surface area contributed by atoms with Gasteiger partial charge in [0.2, 0.25) is 0 Å². The Morgan fingerprint density at radius 3 is 1.88 bits per heavy atom. The van der Waals surface area contributed by atoms with E-state index in [-0.39, 0.29) is 6.10 Å². The van der Waals surface area contributed by atoms with Crippen molar-refractivity contribution >= 4 is 12.0 Å². The summed E-state index contributed by atoms with van der Waals surface area (Å²) in [7, 11) is 1.69. The van der Waals surface area contributed by atoms with Crippen LogP contribution in [0.3, 0.4) is 0 Å². The van der Waals surface area contributed by atoms with Gasteiger partial charge in [-0.05, 0) is 13.8 Å². The fourth-order valence-corrected chi connectivity index (χ4v) is 3.07. The molecule has 0 radical (unpaired) electrons. The summed E-state index contributed by atoms with van der Waals surface area (Å²) in [4.78, 5) is 14.3. The summed E-state index contributed by atoms with van der Waals surface area (Å²) < 4.78 is 5.42. The van der Waals surface area contributed by atoms with Gasteiger partial charge in [0.1, 0.15) is 0 Å². The number of nitrogens with zero attached hydrogens (tertiary/aromatic N) is 3. The molecule has 1 unspecified atom stereocenters. The Hall–Kier alpha value is -2.85. The summed E-state index contributed by atoms with van der Waals surface area (Å²) in [5.41, 5.74) is 7.18. The highest BCUT2D eigenvalue weighted by Gasteiger charge is 2.21. The van der Waals surface area contributed by atoms with Crippen molar-refractivity contribution in [2.75, 3.05) is 7.11 Å². The number of hydrogen-bond acceptors (Lipinski definition) is 4. The Morgan fingerprint density at radius 1 is 0.808 bits per heavy atom. The molecule has 2 heterocycles. The standard InChI is InChI=1S/C22H21N3O/c1-14-4-8-16(9-5-14)20-21(17-10-6-15(2)7-11-17)25-22-19(24-20)12-18(26-3)13-23-22/h4-11,13,18H,12H2,1-3H3. The van der Waals surface area contributed by atoms with Gasteiger partial charge >= 0.3 is 0 Å². The fraction of sp³-hybridized carbons (Fsp3) is 0.227. The van der Waals surface area contributed by atoms with Gasteiger partial charge in [-0.3, -0.25) is 0 Å². The average Bonchev–Trinajstić information content (AvgIpc) is 2.68. The van der Waals surface area contributed by atoms with Crippen LogP contribution in [0.4, 0.5) is 5.82 Å². The van der Waals surface area contributed by atoms with Crippen molar-refractivity contribution in [1.82, 2.24) is 9.97 Å². The predicted molar refractivity (Wildman–Crippen MR) is 105 cm³/mol. The Balaban J connectivity index is 1.90. The van der Waals surface area contributed by atoms with E-state index in [0.717, 1.165) is 28.2 Å². The zero-order valence-electron chi connectivity index (χ0n) is 15.2. The molecule has 1 aliphatic heterocycles. The van der Waals surface area contributed by atoms with E-state index < -0.39 is 0 Å². The van der Waals surface area contributed by atoms with Crippen molar-refractivity contribution < 1.29 is 4.74 Å². The van der Waals surface area contributed by atoms with Crippen molar-refractivity contribution in [3.05, 3.63) is 65.4 Å². The number of hydrogen-bond donors (Lipinski definition) is 0. The molecule has 0 amide bonds. The quantitative estimate of drug-likeness (QED) is 0.692. The molecule has 0 bridgehead atoms. The van der Waals surface area contributed by atoms with Crippen molar-refractivity contribution in [2.45, 2.75) is 26.4 Å². The predicted octanol–water partition coefficient (Wildman–Crippen LogP) is 4.70. The second kappa shape index (κ2) is 6.81. The SMILES string of the molecule is COC1C=Nc2nc(-c3ccc(C)cc3)c(-c3ccc(C)cc3)nc2C1. The number of methoxy groups -OCH3 is 1. The van der Waals surface area contributed by atoms with Gasteiger partial charge in [-0.15, -0.1) is 0 Å². The normalized spacial score (nSPS) is 15.7. The molecule has 0 N–H and O–H groups in total. The number of ether oxygens (including phenoxy) is 1. The maximum absolute atomic E-state index is 5.42. The van der Waals surface area contributed by atoms with Gasteiger partial charge in [-0.1, -0.05) is 59.7 Å². The maximum atomic E-state index is 5.42. The fourth-order valence-electron chi connectivity index (χ4n) is 3.07. The topological polar surface area (TPSA) is 47.4 Å². The molecule has 4 nitrogen and oxygen atoms in total. The summed E-state index contributed by atoms with van der Waals surface area (Å²) in [5, 5.41) is 0. The molecule has 1 aliphatic rings. The number of fused-ring (bicyclic) bond motifs is 1. The lowest BCUT2D eigenvalue weighted by Gasteiger charge is -2.19. The van der Waals surface area contributed by atoms with E-state index in [1.54, 1.807) is 7.11 Å². The van der Waals surface area contributed by atoms with Crippen LogP contribution in [0, 0.1) is 13.8 Å². The molecule has 1 atom stereocenters. The molecule has 130 valence electrons. The molecule has 0 spiro atoms. The zero-order chi connectivity index (χ0) is 18.1. The smallest absolute Gasteiger partial charge is 0.174 e. The first kappa shape index (κ1) is 16.6. The molecular weight excluding hydrogens is 322 g/mol. The van der Waals surface area contributed by atoms with E-state index in [1.807, 2.05) is 6.21 Å². The van der Waals surface area contributed by atoms with Gasteiger partial charge in [-0.25, -0.2) is 15.0 Å². The Morgan fingerprint density at radius 2 is 1.35 bits per heavy atom. The molecule has 3 aromatic rings. The minimum absolute atomic E-state index is 0.0482. The minimum Gasteiger partial charge on any atom is -0.375 e. The highest BCUT2D eigenvalue weighted by atomic mass is 16.5. The highest BCUT2D eigenvalue weighted by Crippen LogP contribution is 2.34. The summed E-state index contributed by atoms with van der Waals surface area (Å²) in [6, 6.07) is 16.8. The van der Waals surface area contributed by atoms with Crippen LogP contribution in [0.15, 0.2) is 53.5 Å². The van der Waals surface area contributed by atoms with Crippen LogP contribution in [0.1, 0.15) is 16.8 Å². The minimum atomic E-state index is -0.0482. The highest BCUT2D eigenvalue weighted by molar-refractivity contribution is 5.81. The number of rotatable bonds is 3. The molecule has 0 fully saturated rings. The van der Waals surface area contributed by atoms with E-state index in [9.17, 15) is 0 Å². The third kappa shape index (κ3) is 3.16. The van der Waals surface area contributed by atoms with Gasteiger partial charge < -0.3 is 4.74 Å². The van der Waals surface area contributed by atoms with Gasteiger partial charge in [-0.2, -0.15) is 0 Å². The van der Waals surface area contributed by atoms with Gasteiger partial charge in [0.05, 0.1) is 23.2 Å². The van der Waals surface area contributed by atoms with Gasteiger partial charge in [0.25, 0.3) is 0 Å². The molecule has 0 aliphatic carbocycles. The number of aromatic nitrogens is 2. The number of benzene rings is 2. The van der Waals surface area contributed by atoms with Crippen LogP contribution >= 0.6 is 0 Å². The first-order valence-electron chi connectivity index (χ1n) is 8.76. The summed E-state index contributed by atoms with van der Waals surface area (Å²) in [6.45, 7) is 4.17. The molecule has 4 heteroatoms. The lowest BCUT2D eigenvalue weighted by Crippen LogP contribution is -2.20. The third-order valence-electron chi connectivity index (χ3n) is 4.66. The second-order valence-corrected chi connectivity index (χ2v) is 6.68. The summed E-state index contributed by atoms with van der Waals surface area (Å²) in [6.07, 6.45) is 2.45. The molecular formula is C22H21N3O. The monoisotopic (exact) mass is 343 g/mol. The molecule has 26 heavy (non-hydrogen) atoms. The molecule has 0 saturated carbocycles. The first-order chi connectivity index (χ1) is 12.6. The van der Waals surface area contributed by atoms with E-state index in [2.05, 4.69) is 67.4 Å². The summed E-state index contributed by atoms with van der Waals surface area (Å²) >= 11 is 0. The first-order valence-corrected chi connectivity index (χ1v) is 8.76. The number of aryl methyl sites for hydroxylation is 2. The lowest BCUT2D eigenvalue weighted by atomic mass is 10.0. The van der Waals surface area contributed by atoms with Crippen LogP contribution in [-0.2, 0) is 11.2 Å². The van der Waals surface area contributed by atoms with Crippen LogP contribution in [0.25, 0.3) is 22.5 Å².